The molecule has 0 aliphatic carbocycles. The van der Waals surface area contributed by atoms with Crippen LogP contribution in [-0.4, -0.2) is 0 Å². The van der Waals surface area contributed by atoms with E-state index in [-0.39, 0.29) is 0 Å². The third-order valence-corrected chi connectivity index (χ3v) is 13.6. The summed E-state index contributed by atoms with van der Waals surface area (Å²) in [6.07, 6.45) is 0. The highest BCUT2D eigenvalue weighted by molar-refractivity contribution is 7.26. The normalized spacial score (nSPS) is 11.4. The van der Waals surface area contributed by atoms with Gasteiger partial charge in [0.2, 0.25) is 0 Å². The second-order valence-electron chi connectivity index (χ2n) is 14.7. The number of benzene rings is 9. The van der Waals surface area contributed by atoms with Crippen molar-refractivity contribution >= 4 is 126 Å². The van der Waals surface area contributed by atoms with Crippen molar-refractivity contribution in [3.63, 3.8) is 0 Å². The lowest BCUT2D eigenvalue weighted by atomic mass is 10.1. The van der Waals surface area contributed by atoms with Crippen LogP contribution in [0.4, 0.5) is 51.2 Å². The molecule has 11 rings (SSSR count). The van der Waals surface area contributed by atoms with Gasteiger partial charge in [0, 0.05) is 85.8 Å². The number of para-hydroxylation sites is 4. The molecule has 0 spiro atoms. The molecule has 0 atom stereocenters. The van der Waals surface area contributed by atoms with Crippen molar-refractivity contribution in [2.45, 2.75) is 0 Å². The molecule has 0 unspecified atom stereocenters. The SMILES string of the molecule is Clc1cc2sc3ccccc3c2cc1N(c1cccc(N(c2ccccc2)c2ccccc2)c1)c1ccc2c(c1)sc1ccc(N(c3ccccc3)c3ccccc3)cc12. The summed E-state index contributed by atoms with van der Waals surface area (Å²) in [7, 11) is 0. The predicted octanol–water partition coefficient (Wildman–Crippen LogP) is 17.5. The van der Waals surface area contributed by atoms with Crippen molar-refractivity contribution in [2.75, 3.05) is 14.7 Å². The average Bonchev–Trinajstić information content (AvgIpc) is 3.85. The van der Waals surface area contributed by atoms with E-state index in [9.17, 15) is 0 Å². The maximum atomic E-state index is 7.40. The monoisotopic (exact) mass is 825 g/mol. The van der Waals surface area contributed by atoms with Crippen molar-refractivity contribution in [1.82, 2.24) is 0 Å². The molecule has 0 saturated heterocycles. The molecule has 0 amide bonds. The fourth-order valence-corrected chi connectivity index (χ4v) is 10.9. The van der Waals surface area contributed by atoms with Gasteiger partial charge >= 0.3 is 0 Å². The fourth-order valence-electron chi connectivity index (χ4n) is 8.34. The first-order valence-electron chi connectivity index (χ1n) is 19.9. The van der Waals surface area contributed by atoms with Gasteiger partial charge in [-0.25, -0.2) is 0 Å². The maximum absolute atomic E-state index is 7.40. The summed E-state index contributed by atoms with van der Waals surface area (Å²) in [5.41, 5.74) is 9.54. The Morgan fingerprint density at radius 2 is 0.683 bits per heavy atom. The number of nitrogens with zero attached hydrogens (tertiary/aromatic N) is 3. The van der Waals surface area contributed by atoms with Gasteiger partial charge in [-0.1, -0.05) is 115 Å². The van der Waals surface area contributed by atoms with Crippen molar-refractivity contribution < 1.29 is 0 Å². The minimum atomic E-state index is 0.699. The first-order valence-corrected chi connectivity index (χ1v) is 22.0. The highest BCUT2D eigenvalue weighted by atomic mass is 35.5. The smallest absolute Gasteiger partial charge is 0.0661 e. The minimum absolute atomic E-state index is 0.699. The minimum Gasteiger partial charge on any atom is -0.310 e. The molecule has 60 heavy (non-hydrogen) atoms. The maximum Gasteiger partial charge on any atom is 0.0661 e. The van der Waals surface area contributed by atoms with Crippen molar-refractivity contribution in [3.05, 3.63) is 223 Å². The van der Waals surface area contributed by atoms with Crippen LogP contribution in [0.5, 0.6) is 0 Å². The van der Waals surface area contributed by atoms with Crippen molar-refractivity contribution in [2.24, 2.45) is 0 Å². The fraction of sp³-hybridized carbons (Fsp3) is 0. The first kappa shape index (κ1) is 36.2. The number of anilines is 9. The van der Waals surface area contributed by atoms with Crippen LogP contribution < -0.4 is 14.7 Å². The molecule has 3 nitrogen and oxygen atoms in total. The molecular formula is C54H36ClN3S2. The van der Waals surface area contributed by atoms with Gasteiger partial charge in [-0.05, 0) is 115 Å². The third kappa shape index (κ3) is 6.54. The van der Waals surface area contributed by atoms with Crippen LogP contribution in [0, 0.1) is 0 Å². The van der Waals surface area contributed by atoms with E-state index in [2.05, 4.69) is 233 Å². The number of fused-ring (bicyclic) bond motifs is 6. The topological polar surface area (TPSA) is 9.72 Å². The Morgan fingerprint density at radius 3 is 1.28 bits per heavy atom. The van der Waals surface area contributed by atoms with Crippen LogP contribution in [0.3, 0.4) is 0 Å². The largest absolute Gasteiger partial charge is 0.310 e. The summed E-state index contributed by atoms with van der Waals surface area (Å²) < 4.78 is 4.87. The lowest BCUT2D eigenvalue weighted by Gasteiger charge is -2.30. The van der Waals surface area contributed by atoms with Crippen LogP contribution in [0.25, 0.3) is 40.3 Å². The zero-order chi connectivity index (χ0) is 40.0. The third-order valence-electron chi connectivity index (χ3n) is 11.0. The highest BCUT2D eigenvalue weighted by Crippen LogP contribution is 2.48. The molecule has 0 N–H and O–H groups in total. The van der Waals surface area contributed by atoms with Crippen molar-refractivity contribution in [3.8, 4) is 0 Å². The van der Waals surface area contributed by atoms with Gasteiger partial charge in [-0.3, -0.25) is 0 Å². The van der Waals surface area contributed by atoms with Gasteiger partial charge in [-0.2, -0.15) is 0 Å². The van der Waals surface area contributed by atoms with E-state index in [4.69, 9.17) is 11.6 Å². The Morgan fingerprint density at radius 1 is 0.267 bits per heavy atom. The van der Waals surface area contributed by atoms with Gasteiger partial charge in [0.25, 0.3) is 0 Å². The summed E-state index contributed by atoms with van der Waals surface area (Å²) in [6, 6.07) is 77.8. The zero-order valence-corrected chi connectivity index (χ0v) is 34.7. The number of thiophene rings is 2. The van der Waals surface area contributed by atoms with Gasteiger partial charge in [-0.15, -0.1) is 22.7 Å². The molecule has 9 aromatic carbocycles. The van der Waals surface area contributed by atoms with E-state index in [0.717, 1.165) is 51.2 Å². The molecule has 11 aromatic rings. The van der Waals surface area contributed by atoms with E-state index in [0.29, 0.717) is 5.02 Å². The lowest BCUT2D eigenvalue weighted by molar-refractivity contribution is 1.25. The molecule has 0 bridgehead atoms. The van der Waals surface area contributed by atoms with Crippen LogP contribution in [-0.2, 0) is 0 Å². The van der Waals surface area contributed by atoms with Gasteiger partial charge < -0.3 is 14.7 Å². The van der Waals surface area contributed by atoms with Gasteiger partial charge in [0.1, 0.15) is 0 Å². The van der Waals surface area contributed by atoms with Gasteiger partial charge in [0.05, 0.1) is 10.7 Å². The van der Waals surface area contributed by atoms with E-state index in [1.54, 1.807) is 11.3 Å². The Kier molecular flexibility index (Phi) is 9.28. The van der Waals surface area contributed by atoms with Crippen LogP contribution in [0.2, 0.25) is 5.02 Å². The average molecular weight is 826 g/mol. The summed E-state index contributed by atoms with van der Waals surface area (Å²) in [6.45, 7) is 0. The molecular weight excluding hydrogens is 790 g/mol. The molecule has 0 saturated carbocycles. The molecule has 0 aliphatic rings. The molecule has 286 valence electrons. The number of halogens is 1. The van der Waals surface area contributed by atoms with E-state index >= 15 is 0 Å². The van der Waals surface area contributed by atoms with Crippen LogP contribution in [0.1, 0.15) is 0 Å². The first-order chi connectivity index (χ1) is 29.7. The summed E-state index contributed by atoms with van der Waals surface area (Å²) in [5.74, 6) is 0. The second-order valence-corrected chi connectivity index (χ2v) is 17.3. The summed E-state index contributed by atoms with van der Waals surface area (Å²) >= 11 is 11.0. The molecule has 0 fully saturated rings. The molecule has 6 heteroatoms. The standard InChI is InChI=1S/C54H36ClN3S2/c55-49-36-54-48(45-26-13-14-27-51(45)59-54)35-50(49)58(42-25-15-24-41(32-42)56(37-16-5-1-6-17-37)38-18-7-2-8-19-38)44-28-30-46-47-33-43(29-31-52(47)60-53(46)34-44)57(39-20-9-3-10-21-39)40-22-11-4-12-23-40/h1-36H. The Balaban J connectivity index is 1.09. The Bertz CT molecular complexity index is 3210. The number of hydrogen-bond donors (Lipinski definition) is 0. The number of rotatable bonds is 9. The molecule has 0 radical (unpaired) electrons. The summed E-state index contributed by atoms with van der Waals surface area (Å²) in [5, 5.41) is 5.59. The number of hydrogen-bond acceptors (Lipinski definition) is 5. The molecule has 2 aromatic heterocycles. The highest BCUT2D eigenvalue weighted by Gasteiger charge is 2.22. The van der Waals surface area contributed by atoms with E-state index in [1.165, 1.54) is 40.3 Å². The van der Waals surface area contributed by atoms with E-state index < -0.39 is 0 Å². The van der Waals surface area contributed by atoms with E-state index in [1.807, 2.05) is 11.3 Å². The molecule has 0 aliphatic heterocycles. The second kappa shape index (κ2) is 15.4. The van der Waals surface area contributed by atoms with Crippen LogP contribution >= 0.6 is 34.3 Å². The quantitative estimate of drug-likeness (QED) is 0.144. The van der Waals surface area contributed by atoms with Crippen LogP contribution in [0.15, 0.2) is 218 Å². The zero-order valence-electron chi connectivity index (χ0n) is 32.3. The molecule has 2 heterocycles. The van der Waals surface area contributed by atoms with Gasteiger partial charge in [0.15, 0.2) is 0 Å². The Labute approximate surface area is 361 Å². The Hall–Kier alpha value is -6.89. The lowest BCUT2D eigenvalue weighted by Crippen LogP contribution is -2.13. The predicted molar refractivity (Wildman–Crippen MR) is 261 cm³/mol. The summed E-state index contributed by atoms with van der Waals surface area (Å²) in [4.78, 5) is 6.96. The van der Waals surface area contributed by atoms with Crippen molar-refractivity contribution in [1.29, 1.82) is 0 Å².